The van der Waals surface area contributed by atoms with Crippen LogP contribution in [0.2, 0.25) is 0 Å². The Morgan fingerprint density at radius 2 is 1.76 bits per heavy atom. The zero-order chi connectivity index (χ0) is 19.6. The summed E-state index contributed by atoms with van der Waals surface area (Å²) in [4.78, 5) is 19.5. The van der Waals surface area contributed by atoms with Crippen LogP contribution in [0, 0.1) is 5.92 Å². The summed E-state index contributed by atoms with van der Waals surface area (Å²) >= 11 is 0. The van der Waals surface area contributed by atoms with E-state index in [0.717, 1.165) is 44.4 Å². The molecule has 2 aromatic carbocycles. The van der Waals surface area contributed by atoms with Crippen LogP contribution in [0.1, 0.15) is 30.9 Å². The summed E-state index contributed by atoms with van der Waals surface area (Å²) in [6.45, 7) is 2.65. The summed E-state index contributed by atoms with van der Waals surface area (Å²) in [6.07, 6.45) is 4.82. The van der Waals surface area contributed by atoms with Crippen LogP contribution in [0.5, 0.6) is 0 Å². The number of nitrogens with zero attached hydrogens (tertiary/aromatic N) is 3. The van der Waals surface area contributed by atoms with Gasteiger partial charge in [-0.15, -0.1) is 0 Å². The van der Waals surface area contributed by atoms with E-state index in [1.54, 1.807) is 0 Å². The number of hydrogen-bond acceptors (Lipinski definition) is 4. The van der Waals surface area contributed by atoms with E-state index in [0.29, 0.717) is 5.92 Å². The molecule has 0 aliphatic carbocycles. The summed E-state index contributed by atoms with van der Waals surface area (Å²) in [5.41, 5.74) is 9.97. The predicted molar refractivity (Wildman–Crippen MR) is 113 cm³/mol. The molecule has 2 unspecified atom stereocenters. The van der Waals surface area contributed by atoms with Gasteiger partial charge in [0.1, 0.15) is 6.04 Å². The van der Waals surface area contributed by atoms with Crippen LogP contribution in [0.15, 0.2) is 60.9 Å². The molecule has 2 N–H and O–H groups in total. The molecule has 0 bridgehead atoms. The molecule has 6 heteroatoms. The Kier molecular flexibility index (Phi) is 5.04. The van der Waals surface area contributed by atoms with Crippen molar-refractivity contribution in [3.63, 3.8) is 0 Å². The number of imidazole rings is 1. The predicted octanol–water partition coefficient (Wildman–Crippen LogP) is 2.88. The first-order valence-corrected chi connectivity index (χ1v) is 10.5. The third-order valence-electron chi connectivity index (χ3n) is 6.31. The van der Waals surface area contributed by atoms with Crippen molar-refractivity contribution in [3.05, 3.63) is 66.5 Å². The van der Waals surface area contributed by atoms with Crippen LogP contribution in [0.4, 0.5) is 0 Å². The van der Waals surface area contributed by atoms with Crippen molar-refractivity contribution >= 4 is 16.9 Å². The van der Waals surface area contributed by atoms with Gasteiger partial charge in [-0.05, 0) is 42.9 Å². The minimum Gasteiger partial charge on any atom is -0.341 e. The average Bonchev–Trinajstić information content (AvgIpc) is 3.43. The molecule has 29 heavy (non-hydrogen) atoms. The second-order valence-corrected chi connectivity index (χ2v) is 8.19. The zero-order valence-corrected chi connectivity index (χ0v) is 16.5. The maximum atomic E-state index is 13.0. The number of rotatable bonds is 4. The fourth-order valence-electron chi connectivity index (χ4n) is 4.61. The molecular weight excluding hydrogens is 362 g/mol. The lowest BCUT2D eigenvalue weighted by atomic mass is 9.95. The van der Waals surface area contributed by atoms with Gasteiger partial charge in [0.05, 0.1) is 17.4 Å². The van der Waals surface area contributed by atoms with E-state index in [2.05, 4.69) is 50.7 Å². The fraction of sp³-hybridized carbons (Fsp3) is 0.391. The van der Waals surface area contributed by atoms with Crippen LogP contribution in [-0.4, -0.2) is 39.5 Å². The van der Waals surface area contributed by atoms with Gasteiger partial charge in [0, 0.05) is 25.7 Å². The van der Waals surface area contributed by atoms with Crippen LogP contribution >= 0.6 is 0 Å². The number of likely N-dealkylation sites (tertiary alicyclic amines) is 1. The minimum atomic E-state index is -0.144. The van der Waals surface area contributed by atoms with Crippen molar-refractivity contribution in [1.82, 2.24) is 25.3 Å². The summed E-state index contributed by atoms with van der Waals surface area (Å²) in [5.74, 6) is 0.811. The number of piperidine rings is 1. The fourth-order valence-corrected chi connectivity index (χ4v) is 4.61. The van der Waals surface area contributed by atoms with Crippen molar-refractivity contribution in [2.45, 2.75) is 37.9 Å². The Bertz CT molecular complexity index is 977. The number of benzene rings is 2. The number of para-hydroxylation sites is 2. The highest BCUT2D eigenvalue weighted by Crippen LogP contribution is 2.26. The number of nitrogens with one attached hydrogen (secondary N) is 2. The van der Waals surface area contributed by atoms with E-state index in [4.69, 9.17) is 0 Å². The molecule has 3 heterocycles. The zero-order valence-electron chi connectivity index (χ0n) is 16.5. The van der Waals surface area contributed by atoms with Crippen LogP contribution in [0.3, 0.4) is 0 Å². The smallest absolute Gasteiger partial charge is 0.241 e. The van der Waals surface area contributed by atoms with Gasteiger partial charge in [-0.1, -0.05) is 42.5 Å². The SMILES string of the molecule is O=C(C1CC(c2ccccc2)NN1)N1CCC(Cn2cnc3ccccc32)CC1. The summed E-state index contributed by atoms with van der Waals surface area (Å²) in [6, 6.07) is 18.6. The molecule has 2 aliphatic rings. The van der Waals surface area contributed by atoms with Crippen molar-refractivity contribution in [2.75, 3.05) is 13.1 Å². The highest BCUT2D eigenvalue weighted by molar-refractivity contribution is 5.82. The molecule has 6 nitrogen and oxygen atoms in total. The van der Waals surface area contributed by atoms with E-state index in [9.17, 15) is 4.79 Å². The molecule has 0 radical (unpaired) electrons. The Labute approximate surface area is 170 Å². The quantitative estimate of drug-likeness (QED) is 0.720. The number of fused-ring (bicyclic) bond motifs is 1. The van der Waals surface area contributed by atoms with Gasteiger partial charge in [0.25, 0.3) is 0 Å². The molecule has 0 spiro atoms. The van der Waals surface area contributed by atoms with E-state index in [-0.39, 0.29) is 18.0 Å². The van der Waals surface area contributed by atoms with Crippen molar-refractivity contribution < 1.29 is 4.79 Å². The lowest BCUT2D eigenvalue weighted by molar-refractivity contribution is -0.134. The van der Waals surface area contributed by atoms with Gasteiger partial charge in [-0.3, -0.25) is 4.79 Å². The van der Waals surface area contributed by atoms with Crippen LogP contribution < -0.4 is 10.9 Å². The molecule has 2 saturated heterocycles. The largest absolute Gasteiger partial charge is 0.341 e. The van der Waals surface area contributed by atoms with Gasteiger partial charge in [0.15, 0.2) is 0 Å². The molecule has 5 rings (SSSR count). The second-order valence-electron chi connectivity index (χ2n) is 8.19. The summed E-state index contributed by atoms with van der Waals surface area (Å²) in [7, 11) is 0. The molecule has 2 atom stereocenters. The number of carbonyl (C=O) groups excluding carboxylic acids is 1. The molecule has 1 aromatic heterocycles. The van der Waals surface area contributed by atoms with E-state index < -0.39 is 0 Å². The first-order valence-electron chi connectivity index (χ1n) is 10.5. The van der Waals surface area contributed by atoms with Crippen LogP contribution in [0.25, 0.3) is 11.0 Å². The van der Waals surface area contributed by atoms with E-state index in [1.165, 1.54) is 11.1 Å². The van der Waals surface area contributed by atoms with Crippen molar-refractivity contribution in [1.29, 1.82) is 0 Å². The first kappa shape index (κ1) is 18.3. The van der Waals surface area contributed by atoms with Gasteiger partial charge < -0.3 is 9.47 Å². The third-order valence-corrected chi connectivity index (χ3v) is 6.31. The summed E-state index contributed by atoms with van der Waals surface area (Å²) in [5, 5.41) is 0. The highest BCUT2D eigenvalue weighted by Gasteiger charge is 2.34. The normalized spacial score (nSPS) is 23.0. The second kappa shape index (κ2) is 7.97. The highest BCUT2D eigenvalue weighted by atomic mass is 16.2. The molecule has 150 valence electrons. The van der Waals surface area contributed by atoms with E-state index >= 15 is 0 Å². The van der Waals surface area contributed by atoms with E-state index in [1.807, 2.05) is 35.5 Å². The molecule has 0 saturated carbocycles. The molecule has 3 aromatic rings. The molecular formula is C23H27N5O. The number of hydrogen-bond donors (Lipinski definition) is 2. The number of hydrazine groups is 1. The molecule has 1 amide bonds. The standard InChI is InChI=1S/C23H27N5O/c29-23(21-14-20(25-26-21)18-6-2-1-3-7-18)27-12-10-17(11-13-27)15-28-16-24-19-8-4-5-9-22(19)28/h1-9,16-17,20-21,25-26H,10-15H2. The molecule has 2 aliphatic heterocycles. The van der Waals surface area contributed by atoms with Crippen LogP contribution in [-0.2, 0) is 11.3 Å². The maximum Gasteiger partial charge on any atom is 0.241 e. The van der Waals surface area contributed by atoms with Gasteiger partial charge in [0.2, 0.25) is 5.91 Å². The minimum absolute atomic E-state index is 0.144. The Morgan fingerprint density at radius 3 is 2.59 bits per heavy atom. The Hall–Kier alpha value is -2.70. The third kappa shape index (κ3) is 3.78. The Balaban J connectivity index is 1.15. The van der Waals surface area contributed by atoms with Crippen molar-refractivity contribution in [2.24, 2.45) is 5.92 Å². The first-order chi connectivity index (χ1) is 14.3. The lowest BCUT2D eigenvalue weighted by Gasteiger charge is -2.33. The monoisotopic (exact) mass is 389 g/mol. The van der Waals surface area contributed by atoms with Gasteiger partial charge in [-0.25, -0.2) is 15.8 Å². The maximum absolute atomic E-state index is 13.0. The molecule has 2 fully saturated rings. The Morgan fingerprint density at radius 1 is 1.00 bits per heavy atom. The van der Waals surface area contributed by atoms with Gasteiger partial charge in [-0.2, -0.15) is 0 Å². The lowest BCUT2D eigenvalue weighted by Crippen LogP contribution is -2.48. The number of amides is 1. The van der Waals surface area contributed by atoms with Crippen molar-refractivity contribution in [3.8, 4) is 0 Å². The average molecular weight is 390 g/mol. The number of carbonyl (C=O) groups is 1. The summed E-state index contributed by atoms with van der Waals surface area (Å²) < 4.78 is 2.25. The topological polar surface area (TPSA) is 62.2 Å². The number of aromatic nitrogens is 2. The van der Waals surface area contributed by atoms with Gasteiger partial charge >= 0.3 is 0 Å².